The number of para-hydroxylation sites is 1. The van der Waals surface area contributed by atoms with Crippen molar-refractivity contribution < 1.29 is 20.4 Å². The molecule has 5 heteroatoms. The number of phenols is 2. The second-order valence-corrected chi connectivity index (χ2v) is 4.02. The van der Waals surface area contributed by atoms with Crippen LogP contribution in [0, 0.1) is 0 Å². The monoisotopic (exact) mass is 227 g/mol. The van der Waals surface area contributed by atoms with Gasteiger partial charge in [0.2, 0.25) is 0 Å². The summed E-state index contributed by atoms with van der Waals surface area (Å²) in [6.45, 7) is 1.47. The van der Waals surface area contributed by atoms with E-state index in [1.54, 1.807) is 19.1 Å². The van der Waals surface area contributed by atoms with Crippen molar-refractivity contribution in [2.45, 2.75) is 19.0 Å². The number of aliphatic hydroxyl groups excluding tert-OH is 2. The van der Waals surface area contributed by atoms with Crippen LogP contribution in [-0.4, -0.2) is 39.2 Å². The zero-order valence-corrected chi connectivity index (χ0v) is 9.14. The molecule has 5 nitrogen and oxygen atoms in total. The SMILES string of the molecule is CC(CO)(CO)NCc1cccc(O)c1O. The zero-order chi connectivity index (χ0) is 12.2. The number of rotatable bonds is 5. The highest BCUT2D eigenvalue weighted by Gasteiger charge is 2.21. The standard InChI is InChI=1S/C11H17NO4/c1-11(6-13,7-14)12-5-8-3-2-4-9(15)10(8)16/h2-4,12-16H,5-7H2,1H3. The fourth-order valence-corrected chi connectivity index (χ4v) is 1.19. The molecule has 0 unspecified atom stereocenters. The van der Waals surface area contributed by atoms with Gasteiger partial charge in [-0.25, -0.2) is 0 Å². The molecule has 0 aliphatic rings. The van der Waals surface area contributed by atoms with Gasteiger partial charge in [0.1, 0.15) is 0 Å². The van der Waals surface area contributed by atoms with Gasteiger partial charge in [-0.2, -0.15) is 0 Å². The molecule has 1 aromatic carbocycles. The van der Waals surface area contributed by atoms with E-state index in [0.29, 0.717) is 5.56 Å². The normalized spacial score (nSPS) is 11.7. The summed E-state index contributed by atoms with van der Waals surface area (Å²) in [6, 6.07) is 4.65. The average Bonchev–Trinajstić information content (AvgIpc) is 2.31. The van der Waals surface area contributed by atoms with E-state index < -0.39 is 5.54 Å². The Kier molecular flexibility index (Phi) is 4.12. The van der Waals surface area contributed by atoms with Gasteiger partial charge in [0.15, 0.2) is 11.5 Å². The predicted octanol–water partition coefficient (Wildman–Crippen LogP) is -0.0693. The first kappa shape index (κ1) is 12.8. The largest absolute Gasteiger partial charge is 0.504 e. The van der Waals surface area contributed by atoms with Crippen molar-refractivity contribution in [2.75, 3.05) is 13.2 Å². The van der Waals surface area contributed by atoms with E-state index in [2.05, 4.69) is 5.32 Å². The average molecular weight is 227 g/mol. The molecule has 0 atom stereocenters. The Labute approximate surface area is 94.0 Å². The lowest BCUT2D eigenvalue weighted by atomic mass is 10.0. The smallest absolute Gasteiger partial charge is 0.161 e. The summed E-state index contributed by atoms with van der Waals surface area (Å²) in [5.41, 5.74) is -0.300. The minimum Gasteiger partial charge on any atom is -0.504 e. The molecule has 0 heterocycles. The zero-order valence-electron chi connectivity index (χ0n) is 9.14. The van der Waals surface area contributed by atoms with Crippen molar-refractivity contribution in [3.8, 4) is 11.5 Å². The Morgan fingerprint density at radius 2 is 1.81 bits per heavy atom. The van der Waals surface area contributed by atoms with Crippen molar-refractivity contribution in [1.82, 2.24) is 5.32 Å². The van der Waals surface area contributed by atoms with Crippen LogP contribution in [0.15, 0.2) is 18.2 Å². The molecular weight excluding hydrogens is 210 g/mol. The Morgan fingerprint density at radius 3 is 2.38 bits per heavy atom. The van der Waals surface area contributed by atoms with E-state index in [-0.39, 0.29) is 31.3 Å². The highest BCUT2D eigenvalue weighted by atomic mass is 16.3. The lowest BCUT2D eigenvalue weighted by Crippen LogP contribution is -2.48. The Bertz CT molecular complexity index is 350. The number of phenolic OH excluding ortho intramolecular Hbond substituents is 2. The Balaban J connectivity index is 2.71. The van der Waals surface area contributed by atoms with Crippen LogP contribution in [0.25, 0.3) is 0 Å². The molecule has 0 aliphatic carbocycles. The van der Waals surface area contributed by atoms with E-state index in [1.807, 2.05) is 0 Å². The molecule has 0 aromatic heterocycles. The number of aromatic hydroxyl groups is 2. The maximum Gasteiger partial charge on any atom is 0.161 e. The third-order valence-corrected chi connectivity index (χ3v) is 2.50. The summed E-state index contributed by atoms with van der Waals surface area (Å²) in [5.74, 6) is -0.373. The van der Waals surface area contributed by atoms with Gasteiger partial charge in [-0.1, -0.05) is 12.1 Å². The molecule has 1 aromatic rings. The number of hydrogen-bond acceptors (Lipinski definition) is 5. The number of nitrogens with one attached hydrogen (secondary N) is 1. The van der Waals surface area contributed by atoms with Crippen LogP contribution in [0.3, 0.4) is 0 Å². The third-order valence-electron chi connectivity index (χ3n) is 2.50. The van der Waals surface area contributed by atoms with E-state index in [4.69, 9.17) is 10.2 Å². The van der Waals surface area contributed by atoms with E-state index in [0.717, 1.165) is 0 Å². The Hall–Kier alpha value is -1.30. The number of benzene rings is 1. The first-order valence-corrected chi connectivity index (χ1v) is 4.99. The van der Waals surface area contributed by atoms with Gasteiger partial charge in [0, 0.05) is 12.1 Å². The summed E-state index contributed by atoms with van der Waals surface area (Å²) in [5, 5.41) is 39.8. The summed E-state index contributed by atoms with van der Waals surface area (Å²) < 4.78 is 0. The molecule has 0 saturated heterocycles. The summed E-state index contributed by atoms with van der Waals surface area (Å²) >= 11 is 0. The van der Waals surface area contributed by atoms with E-state index in [9.17, 15) is 10.2 Å². The molecule has 0 saturated carbocycles. The van der Waals surface area contributed by atoms with Crippen LogP contribution in [0.1, 0.15) is 12.5 Å². The molecule has 16 heavy (non-hydrogen) atoms. The second kappa shape index (κ2) is 5.16. The molecule has 1 rings (SSSR count). The van der Waals surface area contributed by atoms with Crippen molar-refractivity contribution in [3.05, 3.63) is 23.8 Å². The summed E-state index contributed by atoms with van der Waals surface area (Å²) in [4.78, 5) is 0. The first-order valence-electron chi connectivity index (χ1n) is 4.99. The van der Waals surface area contributed by atoms with Gasteiger partial charge >= 0.3 is 0 Å². The summed E-state index contributed by atoms with van der Waals surface area (Å²) in [7, 11) is 0. The van der Waals surface area contributed by atoms with Crippen molar-refractivity contribution in [1.29, 1.82) is 0 Å². The molecule has 5 N–H and O–H groups in total. The van der Waals surface area contributed by atoms with Crippen LogP contribution in [0.4, 0.5) is 0 Å². The van der Waals surface area contributed by atoms with Gasteiger partial charge in [-0.15, -0.1) is 0 Å². The van der Waals surface area contributed by atoms with E-state index in [1.165, 1.54) is 6.07 Å². The van der Waals surface area contributed by atoms with Gasteiger partial charge in [0.05, 0.1) is 18.8 Å². The van der Waals surface area contributed by atoms with Crippen LogP contribution in [0.2, 0.25) is 0 Å². The van der Waals surface area contributed by atoms with Gasteiger partial charge < -0.3 is 25.7 Å². The molecule has 0 bridgehead atoms. The lowest BCUT2D eigenvalue weighted by Gasteiger charge is -2.26. The van der Waals surface area contributed by atoms with Crippen molar-refractivity contribution in [3.63, 3.8) is 0 Å². The second-order valence-electron chi connectivity index (χ2n) is 4.02. The summed E-state index contributed by atoms with van der Waals surface area (Å²) in [6.07, 6.45) is 0. The number of hydrogen-bond donors (Lipinski definition) is 5. The van der Waals surface area contributed by atoms with Crippen LogP contribution < -0.4 is 5.32 Å². The Morgan fingerprint density at radius 1 is 1.19 bits per heavy atom. The van der Waals surface area contributed by atoms with E-state index >= 15 is 0 Å². The van der Waals surface area contributed by atoms with Crippen molar-refractivity contribution in [2.24, 2.45) is 0 Å². The fourth-order valence-electron chi connectivity index (χ4n) is 1.19. The fraction of sp³-hybridized carbons (Fsp3) is 0.455. The maximum absolute atomic E-state index is 9.52. The molecule has 0 aliphatic heterocycles. The molecule has 0 radical (unpaired) electrons. The highest BCUT2D eigenvalue weighted by Crippen LogP contribution is 2.28. The third kappa shape index (κ3) is 2.85. The molecule has 0 fully saturated rings. The minimum atomic E-state index is -0.808. The first-order chi connectivity index (χ1) is 7.52. The molecular formula is C11H17NO4. The maximum atomic E-state index is 9.52. The molecule has 0 spiro atoms. The van der Waals surface area contributed by atoms with Gasteiger partial charge in [0.25, 0.3) is 0 Å². The minimum absolute atomic E-state index is 0.186. The topological polar surface area (TPSA) is 93.0 Å². The van der Waals surface area contributed by atoms with Crippen LogP contribution in [0.5, 0.6) is 11.5 Å². The predicted molar refractivity (Wildman–Crippen MR) is 59.2 cm³/mol. The van der Waals surface area contributed by atoms with Crippen LogP contribution in [-0.2, 0) is 6.54 Å². The van der Waals surface area contributed by atoms with Gasteiger partial charge in [-0.3, -0.25) is 0 Å². The van der Waals surface area contributed by atoms with Crippen LogP contribution >= 0.6 is 0 Å². The molecule has 90 valence electrons. The number of aliphatic hydroxyl groups is 2. The lowest BCUT2D eigenvalue weighted by molar-refractivity contribution is 0.103. The highest BCUT2D eigenvalue weighted by molar-refractivity contribution is 5.44. The quantitative estimate of drug-likeness (QED) is 0.454. The van der Waals surface area contributed by atoms with Crippen molar-refractivity contribution >= 4 is 0 Å². The molecule has 0 amide bonds. The van der Waals surface area contributed by atoms with Gasteiger partial charge in [-0.05, 0) is 13.0 Å².